The smallest absolute Gasteiger partial charge is 0.248 e. The number of benzene rings is 2. The van der Waals surface area contributed by atoms with Gasteiger partial charge in [-0.05, 0) is 42.8 Å². The fourth-order valence-corrected chi connectivity index (χ4v) is 3.95. The summed E-state index contributed by atoms with van der Waals surface area (Å²) < 4.78 is 25.7. The number of halogens is 2. The molecule has 0 saturated carbocycles. The second-order valence-electron chi connectivity index (χ2n) is 5.43. The number of sulfonamides is 1. The molecule has 1 atom stereocenters. The zero-order chi connectivity index (χ0) is 18.6. The van der Waals surface area contributed by atoms with E-state index in [2.05, 4.69) is 5.32 Å². The van der Waals surface area contributed by atoms with Crippen molar-refractivity contribution in [3.05, 3.63) is 58.6 Å². The van der Waals surface area contributed by atoms with Crippen LogP contribution in [0.5, 0.6) is 0 Å². The van der Waals surface area contributed by atoms with E-state index >= 15 is 0 Å². The molecule has 0 fully saturated rings. The van der Waals surface area contributed by atoms with Crippen LogP contribution in [0, 0.1) is 0 Å². The molecule has 2 rings (SSSR count). The number of nitrogens with zero attached hydrogens (tertiary/aromatic N) is 1. The minimum atomic E-state index is -3.69. The molecule has 0 bridgehead atoms. The van der Waals surface area contributed by atoms with Gasteiger partial charge in [0, 0.05) is 5.02 Å². The van der Waals surface area contributed by atoms with Gasteiger partial charge in [0.25, 0.3) is 0 Å². The standard InChI is InChI=1S/C17H18Cl2N2O3S/c1-3-16(17(22)20-15-7-5-4-6-14(15)19)21(25(2,23)24)13-10-8-12(18)9-11-13/h4-11,16H,3H2,1-2H3,(H,20,22). The van der Waals surface area contributed by atoms with Gasteiger partial charge < -0.3 is 5.32 Å². The van der Waals surface area contributed by atoms with E-state index in [4.69, 9.17) is 23.2 Å². The van der Waals surface area contributed by atoms with Gasteiger partial charge in [0.15, 0.2) is 0 Å². The van der Waals surface area contributed by atoms with Gasteiger partial charge in [-0.3, -0.25) is 9.10 Å². The Labute approximate surface area is 157 Å². The van der Waals surface area contributed by atoms with Crippen LogP contribution in [-0.4, -0.2) is 26.6 Å². The lowest BCUT2D eigenvalue weighted by molar-refractivity contribution is -0.117. The summed E-state index contributed by atoms with van der Waals surface area (Å²) in [5, 5.41) is 3.55. The van der Waals surface area contributed by atoms with Crippen molar-refractivity contribution in [3.8, 4) is 0 Å². The topological polar surface area (TPSA) is 66.5 Å². The third-order valence-corrected chi connectivity index (χ3v) is 5.30. The molecule has 0 radical (unpaired) electrons. The molecule has 2 aromatic carbocycles. The first-order valence-corrected chi connectivity index (χ1v) is 10.1. The average Bonchev–Trinajstić information content (AvgIpc) is 2.54. The van der Waals surface area contributed by atoms with E-state index in [-0.39, 0.29) is 6.42 Å². The van der Waals surface area contributed by atoms with Crippen LogP contribution >= 0.6 is 23.2 Å². The Morgan fingerprint density at radius 3 is 2.24 bits per heavy atom. The van der Waals surface area contributed by atoms with Crippen molar-refractivity contribution in [2.24, 2.45) is 0 Å². The maximum Gasteiger partial charge on any atom is 0.248 e. The Hall–Kier alpha value is -1.76. The van der Waals surface area contributed by atoms with Crippen molar-refractivity contribution in [3.63, 3.8) is 0 Å². The van der Waals surface area contributed by atoms with E-state index in [1.54, 1.807) is 55.5 Å². The number of hydrogen-bond acceptors (Lipinski definition) is 3. The third kappa shape index (κ3) is 4.87. The van der Waals surface area contributed by atoms with Gasteiger partial charge in [0.05, 0.1) is 22.7 Å². The maximum atomic E-state index is 12.7. The number of nitrogens with one attached hydrogen (secondary N) is 1. The molecule has 8 heteroatoms. The summed E-state index contributed by atoms with van der Waals surface area (Å²) in [7, 11) is -3.69. The van der Waals surface area contributed by atoms with Crippen molar-refractivity contribution in [1.29, 1.82) is 0 Å². The second-order valence-corrected chi connectivity index (χ2v) is 8.13. The maximum absolute atomic E-state index is 12.7. The fourth-order valence-electron chi connectivity index (χ4n) is 2.43. The average molecular weight is 401 g/mol. The van der Waals surface area contributed by atoms with E-state index in [0.717, 1.165) is 10.6 Å². The summed E-state index contributed by atoms with van der Waals surface area (Å²) in [6, 6.07) is 12.1. The van der Waals surface area contributed by atoms with Crippen LogP contribution < -0.4 is 9.62 Å². The minimum Gasteiger partial charge on any atom is -0.323 e. The highest BCUT2D eigenvalue weighted by molar-refractivity contribution is 7.92. The number of anilines is 2. The van der Waals surface area contributed by atoms with Crippen molar-refractivity contribution < 1.29 is 13.2 Å². The Kier molecular flexibility index (Phi) is 6.32. The first kappa shape index (κ1) is 19.6. The lowest BCUT2D eigenvalue weighted by atomic mass is 10.2. The van der Waals surface area contributed by atoms with Gasteiger partial charge in [-0.1, -0.05) is 42.3 Å². The molecular weight excluding hydrogens is 383 g/mol. The molecule has 0 spiro atoms. The molecule has 1 unspecified atom stereocenters. The zero-order valence-corrected chi connectivity index (χ0v) is 16.1. The molecule has 0 aliphatic heterocycles. The normalized spacial score (nSPS) is 12.5. The summed E-state index contributed by atoms with van der Waals surface area (Å²) in [4.78, 5) is 12.7. The molecule has 0 saturated heterocycles. The van der Waals surface area contributed by atoms with Crippen molar-refractivity contribution in [2.45, 2.75) is 19.4 Å². The predicted octanol–water partition coefficient (Wildman–Crippen LogP) is 4.18. The molecule has 134 valence electrons. The van der Waals surface area contributed by atoms with Crippen molar-refractivity contribution >= 4 is 50.5 Å². The second kappa shape index (κ2) is 8.08. The van der Waals surface area contributed by atoms with Crippen LogP contribution in [0.2, 0.25) is 10.0 Å². The molecule has 2 aromatic rings. The third-order valence-electron chi connectivity index (χ3n) is 3.54. The summed E-state index contributed by atoms with van der Waals surface area (Å²) in [5.74, 6) is -0.462. The van der Waals surface area contributed by atoms with Crippen LogP contribution in [0.25, 0.3) is 0 Å². The predicted molar refractivity (Wildman–Crippen MR) is 103 cm³/mol. The van der Waals surface area contributed by atoms with Gasteiger partial charge in [0.1, 0.15) is 6.04 Å². The van der Waals surface area contributed by atoms with E-state index in [0.29, 0.717) is 21.4 Å². The molecule has 0 aliphatic rings. The molecule has 5 nitrogen and oxygen atoms in total. The summed E-state index contributed by atoms with van der Waals surface area (Å²) in [5.41, 5.74) is 0.797. The molecule has 0 heterocycles. The van der Waals surface area contributed by atoms with Crippen LogP contribution in [0.3, 0.4) is 0 Å². The fraction of sp³-hybridized carbons (Fsp3) is 0.235. The summed E-state index contributed by atoms with van der Waals surface area (Å²) in [6.45, 7) is 1.74. The minimum absolute atomic E-state index is 0.284. The highest BCUT2D eigenvalue weighted by atomic mass is 35.5. The number of hydrogen-bond donors (Lipinski definition) is 1. The van der Waals surface area contributed by atoms with Crippen LogP contribution in [0.1, 0.15) is 13.3 Å². The van der Waals surface area contributed by atoms with Crippen LogP contribution in [0.4, 0.5) is 11.4 Å². The van der Waals surface area contributed by atoms with Crippen molar-refractivity contribution in [2.75, 3.05) is 15.9 Å². The van der Waals surface area contributed by atoms with E-state index < -0.39 is 22.0 Å². The van der Waals surface area contributed by atoms with Gasteiger partial charge in [-0.15, -0.1) is 0 Å². The SMILES string of the molecule is CCC(C(=O)Nc1ccccc1Cl)N(c1ccc(Cl)cc1)S(C)(=O)=O. The van der Waals surface area contributed by atoms with Gasteiger partial charge in [0.2, 0.25) is 15.9 Å². The Morgan fingerprint density at radius 2 is 1.72 bits per heavy atom. The molecule has 0 aliphatic carbocycles. The number of para-hydroxylation sites is 1. The van der Waals surface area contributed by atoms with E-state index in [1.807, 2.05) is 0 Å². The number of rotatable bonds is 6. The highest BCUT2D eigenvalue weighted by Crippen LogP contribution is 2.26. The largest absolute Gasteiger partial charge is 0.323 e. The van der Waals surface area contributed by atoms with Gasteiger partial charge >= 0.3 is 0 Å². The van der Waals surface area contributed by atoms with Gasteiger partial charge in [-0.2, -0.15) is 0 Å². The lowest BCUT2D eigenvalue weighted by Crippen LogP contribution is -2.47. The monoisotopic (exact) mass is 400 g/mol. The van der Waals surface area contributed by atoms with Crippen molar-refractivity contribution in [1.82, 2.24) is 0 Å². The van der Waals surface area contributed by atoms with Crippen LogP contribution in [-0.2, 0) is 14.8 Å². The first-order chi connectivity index (χ1) is 11.7. The van der Waals surface area contributed by atoms with E-state index in [9.17, 15) is 13.2 Å². The lowest BCUT2D eigenvalue weighted by Gasteiger charge is -2.30. The molecule has 25 heavy (non-hydrogen) atoms. The Morgan fingerprint density at radius 1 is 1.12 bits per heavy atom. The molecular formula is C17H18Cl2N2O3S. The Balaban J connectivity index is 2.38. The van der Waals surface area contributed by atoms with E-state index in [1.165, 1.54) is 0 Å². The molecule has 1 amide bonds. The summed E-state index contributed by atoms with van der Waals surface area (Å²) >= 11 is 11.9. The number of amides is 1. The zero-order valence-electron chi connectivity index (χ0n) is 13.7. The highest BCUT2D eigenvalue weighted by Gasteiger charge is 2.31. The Bertz CT molecular complexity index is 854. The number of carbonyl (C=O) groups excluding carboxylic acids is 1. The first-order valence-electron chi connectivity index (χ1n) is 7.54. The number of carbonyl (C=O) groups is 1. The summed E-state index contributed by atoms with van der Waals surface area (Å²) in [6.07, 6.45) is 1.35. The quantitative estimate of drug-likeness (QED) is 0.790. The van der Waals surface area contributed by atoms with Gasteiger partial charge in [-0.25, -0.2) is 8.42 Å². The molecule has 0 aromatic heterocycles. The molecule has 1 N–H and O–H groups in total. The van der Waals surface area contributed by atoms with Crippen LogP contribution in [0.15, 0.2) is 48.5 Å².